The van der Waals surface area contributed by atoms with E-state index in [0.29, 0.717) is 17.5 Å². The molecule has 0 amide bonds. The van der Waals surface area contributed by atoms with Crippen LogP contribution < -0.4 is 0 Å². The van der Waals surface area contributed by atoms with Crippen LogP contribution in [0.25, 0.3) is 0 Å². The number of hydrogen-bond acceptors (Lipinski definition) is 11. The molecule has 3 saturated heterocycles. The van der Waals surface area contributed by atoms with Gasteiger partial charge in [-0.2, -0.15) is 0 Å². The maximum Gasteiger partial charge on any atom is 0.187 e. The summed E-state index contributed by atoms with van der Waals surface area (Å²) in [4.78, 5) is 0. The highest BCUT2D eigenvalue weighted by molar-refractivity contribution is 5.50. The second kappa shape index (κ2) is 8.54. The number of aliphatic hydroxyl groups is 3. The van der Waals surface area contributed by atoms with Gasteiger partial charge in [0.25, 0.3) is 0 Å². The molecule has 7 N–H and O–H groups in total. The SMILES string of the molecule is OCC1OC2OC3CCC(c4ccc(O)c(O)c4)(c4ccc(O)c(O)c4)OC3OC2C(O)C1O. The molecular weight excluding hydrogens is 452 g/mol. The standard InChI is InChI=1S/C23H26O11/c24-9-17-18(29)19(30)20-22(32-17)31-16-5-6-23(34-21(16)33-20,10-1-3-12(25)14(27)7-10)11-2-4-13(26)15(28)8-11/h1-4,7-8,16-22,24-30H,5-6,9H2. The molecule has 7 unspecified atom stereocenters. The second-order valence-corrected chi connectivity index (χ2v) is 8.74. The van der Waals surface area contributed by atoms with Crippen molar-refractivity contribution in [1.29, 1.82) is 0 Å². The van der Waals surface area contributed by atoms with Crippen LogP contribution in [0.2, 0.25) is 0 Å². The van der Waals surface area contributed by atoms with Crippen molar-refractivity contribution in [3.8, 4) is 23.0 Å². The Kier molecular flexibility index (Phi) is 5.81. The quantitative estimate of drug-likeness (QED) is 0.298. The molecule has 0 spiro atoms. The molecule has 2 aromatic carbocycles. The highest BCUT2D eigenvalue weighted by Crippen LogP contribution is 2.49. The minimum Gasteiger partial charge on any atom is -0.504 e. The Hall–Kier alpha value is -2.64. The van der Waals surface area contributed by atoms with Crippen LogP contribution in [-0.4, -0.2) is 85.5 Å². The number of rotatable bonds is 3. The largest absolute Gasteiger partial charge is 0.504 e. The number of phenols is 4. The molecule has 184 valence electrons. The van der Waals surface area contributed by atoms with Crippen LogP contribution in [0.1, 0.15) is 24.0 Å². The van der Waals surface area contributed by atoms with Crippen molar-refractivity contribution < 1.29 is 54.7 Å². The van der Waals surface area contributed by atoms with Gasteiger partial charge in [-0.1, -0.05) is 12.1 Å². The van der Waals surface area contributed by atoms with E-state index < -0.39 is 55.3 Å². The van der Waals surface area contributed by atoms with Crippen molar-refractivity contribution in [3.05, 3.63) is 47.5 Å². The predicted octanol–water partition coefficient (Wildman–Crippen LogP) is 0.112. The Balaban J connectivity index is 1.51. The van der Waals surface area contributed by atoms with Gasteiger partial charge in [0, 0.05) is 0 Å². The zero-order valence-corrected chi connectivity index (χ0v) is 17.9. The van der Waals surface area contributed by atoms with Gasteiger partial charge in [0.1, 0.15) is 36.1 Å². The van der Waals surface area contributed by atoms with Crippen molar-refractivity contribution in [1.82, 2.24) is 0 Å². The van der Waals surface area contributed by atoms with Crippen LogP contribution in [0, 0.1) is 0 Å². The zero-order chi connectivity index (χ0) is 24.2. The van der Waals surface area contributed by atoms with Gasteiger partial charge in [-0.3, -0.25) is 0 Å². The molecule has 3 aliphatic heterocycles. The van der Waals surface area contributed by atoms with Crippen molar-refractivity contribution in [2.24, 2.45) is 0 Å². The fraction of sp³-hybridized carbons (Fsp3) is 0.478. The Morgan fingerprint density at radius 3 is 1.94 bits per heavy atom. The maximum atomic E-state index is 10.5. The lowest BCUT2D eigenvalue weighted by molar-refractivity contribution is -0.418. The molecule has 11 nitrogen and oxygen atoms in total. The lowest BCUT2D eigenvalue weighted by Crippen LogP contribution is -2.66. The number of phenolic OH excluding ortho intramolecular Hbond substituents is 4. The first kappa shape index (κ1) is 23.1. The van der Waals surface area contributed by atoms with Crippen molar-refractivity contribution in [2.45, 2.75) is 61.5 Å². The van der Waals surface area contributed by atoms with E-state index in [9.17, 15) is 35.7 Å². The third-order valence-electron chi connectivity index (χ3n) is 6.71. The minimum atomic E-state index is -1.41. The highest BCUT2D eigenvalue weighted by atomic mass is 16.8. The van der Waals surface area contributed by atoms with Crippen LogP contribution in [0.3, 0.4) is 0 Å². The summed E-state index contributed by atoms with van der Waals surface area (Å²) in [6.45, 7) is -0.507. The van der Waals surface area contributed by atoms with Crippen molar-refractivity contribution >= 4 is 0 Å². The van der Waals surface area contributed by atoms with Crippen LogP contribution in [0.4, 0.5) is 0 Å². The van der Waals surface area contributed by atoms with E-state index in [4.69, 9.17) is 18.9 Å². The summed E-state index contributed by atoms with van der Waals surface area (Å²) in [5, 5.41) is 70.1. The summed E-state index contributed by atoms with van der Waals surface area (Å²) >= 11 is 0. The third-order valence-corrected chi connectivity index (χ3v) is 6.71. The smallest absolute Gasteiger partial charge is 0.187 e. The normalized spacial score (nSPS) is 34.7. The van der Waals surface area contributed by atoms with Crippen molar-refractivity contribution in [2.75, 3.05) is 6.61 Å². The molecule has 3 heterocycles. The van der Waals surface area contributed by atoms with Gasteiger partial charge in [-0.05, 0) is 48.2 Å². The number of ether oxygens (including phenoxy) is 4. The Morgan fingerprint density at radius 2 is 1.38 bits per heavy atom. The van der Waals surface area contributed by atoms with Gasteiger partial charge < -0.3 is 54.7 Å². The lowest BCUT2D eigenvalue weighted by atomic mass is 9.79. The molecule has 0 radical (unpaired) electrons. The molecule has 0 aliphatic carbocycles. The van der Waals surface area contributed by atoms with Crippen LogP contribution >= 0.6 is 0 Å². The molecule has 0 saturated carbocycles. The molecule has 5 rings (SSSR count). The van der Waals surface area contributed by atoms with E-state index >= 15 is 0 Å². The first-order chi connectivity index (χ1) is 16.2. The van der Waals surface area contributed by atoms with Crippen LogP contribution in [-0.2, 0) is 24.5 Å². The fourth-order valence-corrected chi connectivity index (χ4v) is 4.84. The van der Waals surface area contributed by atoms with Gasteiger partial charge in [0.2, 0.25) is 0 Å². The van der Waals surface area contributed by atoms with E-state index in [0.717, 1.165) is 0 Å². The molecule has 34 heavy (non-hydrogen) atoms. The molecule has 3 fully saturated rings. The number of aromatic hydroxyl groups is 4. The lowest BCUT2D eigenvalue weighted by Gasteiger charge is -2.53. The highest BCUT2D eigenvalue weighted by Gasteiger charge is 2.55. The van der Waals surface area contributed by atoms with Crippen molar-refractivity contribution in [3.63, 3.8) is 0 Å². The second-order valence-electron chi connectivity index (χ2n) is 8.74. The van der Waals surface area contributed by atoms with Crippen LogP contribution in [0.5, 0.6) is 23.0 Å². The first-order valence-corrected chi connectivity index (χ1v) is 10.9. The summed E-state index contributed by atoms with van der Waals surface area (Å²) in [7, 11) is 0. The summed E-state index contributed by atoms with van der Waals surface area (Å²) in [6, 6.07) is 8.39. The monoisotopic (exact) mass is 478 g/mol. The van der Waals surface area contributed by atoms with E-state index in [1.165, 1.54) is 24.3 Å². The summed E-state index contributed by atoms with van der Waals surface area (Å²) in [6.07, 6.45) is -6.97. The molecule has 2 aromatic rings. The molecule has 3 aliphatic rings. The number of hydrogen-bond donors (Lipinski definition) is 7. The van der Waals surface area contributed by atoms with E-state index in [1.807, 2.05) is 0 Å². The van der Waals surface area contributed by atoms with E-state index in [-0.39, 0.29) is 29.4 Å². The first-order valence-electron chi connectivity index (χ1n) is 10.9. The molecule has 0 aromatic heterocycles. The predicted molar refractivity (Wildman–Crippen MR) is 112 cm³/mol. The average Bonchev–Trinajstić information content (AvgIpc) is 2.83. The fourth-order valence-electron chi connectivity index (χ4n) is 4.84. The van der Waals surface area contributed by atoms with Crippen LogP contribution in [0.15, 0.2) is 36.4 Å². The van der Waals surface area contributed by atoms with Gasteiger partial charge in [-0.15, -0.1) is 0 Å². The summed E-state index contributed by atoms with van der Waals surface area (Å²) in [5.74, 6) is -1.39. The van der Waals surface area contributed by atoms with Gasteiger partial charge in [0.05, 0.1) is 6.61 Å². The number of aliphatic hydroxyl groups excluding tert-OH is 3. The Labute approximate surface area is 193 Å². The Morgan fingerprint density at radius 1 is 0.765 bits per heavy atom. The van der Waals surface area contributed by atoms with E-state index in [1.54, 1.807) is 12.1 Å². The molecule has 0 bridgehead atoms. The van der Waals surface area contributed by atoms with Gasteiger partial charge in [0.15, 0.2) is 35.6 Å². The number of benzene rings is 2. The molecule has 7 atom stereocenters. The topological polar surface area (TPSA) is 179 Å². The number of fused-ring (bicyclic) bond motifs is 2. The Bertz CT molecular complexity index is 1010. The third kappa shape index (κ3) is 3.66. The molecule has 11 heteroatoms. The minimum absolute atomic E-state index is 0.290. The molecular formula is C23H26O11. The summed E-state index contributed by atoms with van der Waals surface area (Å²) in [5.41, 5.74) is -0.406. The summed E-state index contributed by atoms with van der Waals surface area (Å²) < 4.78 is 23.9. The van der Waals surface area contributed by atoms with Gasteiger partial charge in [-0.25, -0.2) is 0 Å². The maximum absolute atomic E-state index is 10.5. The average molecular weight is 478 g/mol. The zero-order valence-electron chi connectivity index (χ0n) is 17.9. The van der Waals surface area contributed by atoms with E-state index in [2.05, 4.69) is 0 Å². The van der Waals surface area contributed by atoms with Gasteiger partial charge >= 0.3 is 0 Å².